The Bertz CT molecular complexity index is 4240. The van der Waals surface area contributed by atoms with Crippen molar-refractivity contribution in [1.29, 1.82) is 0 Å². The summed E-state index contributed by atoms with van der Waals surface area (Å²) in [5, 5.41) is 43.9. The van der Waals surface area contributed by atoms with E-state index in [0.717, 1.165) is 154 Å². The van der Waals surface area contributed by atoms with Crippen molar-refractivity contribution in [2.45, 2.75) is 259 Å². The van der Waals surface area contributed by atoms with Gasteiger partial charge in [0.15, 0.2) is 23.3 Å². The molecule has 0 atom stereocenters. The van der Waals surface area contributed by atoms with Gasteiger partial charge in [-0.2, -0.15) is 0 Å². The molecule has 2 aliphatic heterocycles. The van der Waals surface area contributed by atoms with Crippen molar-refractivity contribution >= 4 is 91.9 Å². The van der Waals surface area contributed by atoms with E-state index in [1.807, 2.05) is 0 Å². The molecule has 7 aromatic rings. The zero-order chi connectivity index (χ0) is 76.9. The predicted molar refractivity (Wildman–Crippen MR) is 414 cm³/mol. The molecule has 24 nitrogen and oxygen atoms in total. The Labute approximate surface area is 630 Å². The number of hydrogen-bond donors (Lipinski definition) is 6. The van der Waals surface area contributed by atoms with Gasteiger partial charge in [0.2, 0.25) is 0 Å². The molecule has 108 heavy (non-hydrogen) atoms. The molecule has 0 amide bonds. The van der Waals surface area contributed by atoms with Gasteiger partial charge >= 0.3 is 47.8 Å². The fraction of sp³-hybridized carbons (Fsp3) is 0.524. The lowest BCUT2D eigenvalue weighted by molar-refractivity contribution is 0.0482. The first kappa shape index (κ1) is 82.1. The number of ether oxygens (including phenoxy) is 4. The van der Waals surface area contributed by atoms with Crippen LogP contribution in [0.5, 0.6) is 0 Å². The number of aromatic amines is 2. The lowest BCUT2D eigenvalue weighted by Crippen LogP contribution is -2.13. The van der Waals surface area contributed by atoms with Gasteiger partial charge in [0.1, 0.15) is 22.6 Å². The standard InChI is InChI=1S/C84H106N8O16/c1-5-9-13-17-21-25-29-33-37-41-105-81(101)65-49-57-53(45-61(65)77(93)94)69-85-73(57)89-70-54-46-62(78(95)96)66(82(102)106-42-38-34-30-26-22-18-14-10-6-2)50-58(54)75(86-70)91-72-56-48-64(80(99)100)68(84(104)108-44-40-36-32-28-24-20-16-12-8-4)52-60(56)76(88-72)92-71-55-47-63(79(97)98)67(51-59(55)74(87-71)90-69)83(103)107-43-39-35-31-27-23-19-15-11-7-3/h45-52H,5-44H2,1-4H3,(H,93,94)(H,95,96)(H,97,98)(H,99,100)(H2,85,86,87,88,89,90,91,92). The number of aromatic carboxylic acids is 4. The van der Waals surface area contributed by atoms with Gasteiger partial charge < -0.3 is 49.3 Å². The number of carboxylic acids is 4. The smallest absolute Gasteiger partial charge is 0.339 e. The van der Waals surface area contributed by atoms with Crippen molar-refractivity contribution in [2.75, 3.05) is 26.4 Å². The zero-order valence-electron chi connectivity index (χ0n) is 63.3. The minimum absolute atomic E-state index is 0.00312. The number of benzene rings is 4. The summed E-state index contributed by atoms with van der Waals surface area (Å²) < 4.78 is 23.1. The van der Waals surface area contributed by atoms with Gasteiger partial charge in [-0.1, -0.05) is 233 Å². The van der Waals surface area contributed by atoms with E-state index in [2.05, 4.69) is 37.7 Å². The van der Waals surface area contributed by atoms with Crippen LogP contribution in [0.3, 0.4) is 0 Å². The second-order valence-corrected chi connectivity index (χ2v) is 28.5. The van der Waals surface area contributed by atoms with Crippen molar-refractivity contribution in [3.05, 3.63) is 93.0 Å². The van der Waals surface area contributed by atoms with Crippen LogP contribution in [0.4, 0.5) is 0 Å². The first-order valence-electron chi connectivity index (χ1n) is 39.6. The van der Waals surface area contributed by atoms with Crippen LogP contribution in [0, 0.1) is 0 Å². The van der Waals surface area contributed by atoms with Crippen molar-refractivity contribution in [1.82, 2.24) is 39.9 Å². The Hall–Kier alpha value is -10.0. The van der Waals surface area contributed by atoms with Crippen LogP contribution in [0.25, 0.3) is 89.7 Å². The average Bonchev–Trinajstić information content (AvgIpc) is 1.58. The van der Waals surface area contributed by atoms with E-state index in [9.17, 15) is 58.8 Å². The number of unbranched alkanes of at least 4 members (excludes halogenated alkanes) is 32. The maximum absolute atomic E-state index is 14.3. The zero-order valence-corrected chi connectivity index (χ0v) is 63.3. The Morgan fingerprint density at radius 1 is 0.250 bits per heavy atom. The van der Waals surface area contributed by atoms with Crippen molar-refractivity contribution in [2.24, 2.45) is 0 Å². The molecule has 6 N–H and O–H groups in total. The predicted octanol–water partition coefficient (Wildman–Crippen LogP) is 20.4. The number of fused-ring (bicyclic) bond motifs is 20. The number of carbonyl (C=O) groups is 8. The molecule has 0 spiro atoms. The van der Waals surface area contributed by atoms with Gasteiger partial charge in [-0.25, -0.2) is 68.3 Å². The number of hydrogen-bond acceptors (Lipinski definition) is 18. The number of rotatable bonds is 48. The van der Waals surface area contributed by atoms with E-state index in [1.165, 1.54) is 99.9 Å². The van der Waals surface area contributed by atoms with Crippen molar-refractivity contribution in [3.63, 3.8) is 0 Å². The fourth-order valence-electron chi connectivity index (χ4n) is 14.0. The monoisotopic (exact) mass is 1480 g/mol. The van der Waals surface area contributed by atoms with Crippen LogP contribution in [-0.2, 0) is 18.9 Å². The van der Waals surface area contributed by atoms with Crippen molar-refractivity contribution in [3.8, 4) is 45.6 Å². The molecular formula is C84H106N8O16. The maximum Gasteiger partial charge on any atom is 0.339 e. The van der Waals surface area contributed by atoms with Crippen LogP contribution < -0.4 is 0 Å². The van der Waals surface area contributed by atoms with Gasteiger partial charge in [0.25, 0.3) is 0 Å². The summed E-state index contributed by atoms with van der Waals surface area (Å²) in [4.78, 5) is 147. The van der Waals surface area contributed by atoms with Crippen LogP contribution in [0.15, 0.2) is 48.5 Å². The largest absolute Gasteiger partial charge is 0.478 e. The van der Waals surface area contributed by atoms with E-state index in [4.69, 9.17) is 48.9 Å². The van der Waals surface area contributed by atoms with E-state index in [0.29, 0.717) is 25.7 Å². The molecule has 0 aliphatic carbocycles. The van der Waals surface area contributed by atoms with E-state index >= 15 is 0 Å². The van der Waals surface area contributed by atoms with Crippen molar-refractivity contribution < 1.29 is 77.7 Å². The number of esters is 4. The van der Waals surface area contributed by atoms with E-state index < -0.39 is 70.0 Å². The molecule has 3 aromatic heterocycles. The highest BCUT2D eigenvalue weighted by Gasteiger charge is 2.32. The highest BCUT2D eigenvalue weighted by atomic mass is 16.5. The lowest BCUT2D eigenvalue weighted by atomic mass is 9.98. The second kappa shape index (κ2) is 41.9. The normalized spacial score (nSPS) is 11.6. The molecule has 8 bridgehead atoms. The first-order chi connectivity index (χ1) is 52.5. The first-order valence-corrected chi connectivity index (χ1v) is 39.6. The second-order valence-electron chi connectivity index (χ2n) is 28.5. The summed E-state index contributed by atoms with van der Waals surface area (Å²) in [6.45, 7) is 8.66. The Balaban J connectivity index is 1.23. The summed E-state index contributed by atoms with van der Waals surface area (Å²) in [6.07, 6.45) is 36.0. The lowest BCUT2D eigenvalue weighted by Gasteiger charge is -2.10. The quantitative estimate of drug-likeness (QED) is 0.0117. The molecule has 24 heteroatoms. The molecular weight excluding hydrogens is 1380 g/mol. The van der Waals surface area contributed by atoms with Gasteiger partial charge in [-0.05, 0) is 74.2 Å². The van der Waals surface area contributed by atoms with Gasteiger partial charge in [-0.15, -0.1) is 0 Å². The molecule has 0 saturated heterocycles. The Kier molecular flexibility index (Phi) is 31.9. The average molecular weight is 1480 g/mol. The molecule has 5 heterocycles. The molecule has 0 fully saturated rings. The Morgan fingerprint density at radius 3 is 0.639 bits per heavy atom. The van der Waals surface area contributed by atoms with Gasteiger partial charge in [0.05, 0.1) is 70.9 Å². The van der Waals surface area contributed by atoms with Crippen LogP contribution in [0.1, 0.15) is 342 Å². The van der Waals surface area contributed by atoms with Gasteiger partial charge in [0, 0.05) is 43.8 Å². The molecule has 9 rings (SSSR count). The topological polar surface area (TPSA) is 363 Å². The summed E-state index contributed by atoms with van der Waals surface area (Å²) in [5.74, 6) is -10.6. The summed E-state index contributed by atoms with van der Waals surface area (Å²) in [6, 6.07) is 9.95. The molecule has 0 saturated carbocycles. The summed E-state index contributed by atoms with van der Waals surface area (Å²) in [5.41, 5.74) is -3.60. The van der Waals surface area contributed by atoms with Crippen LogP contribution in [0.2, 0.25) is 0 Å². The minimum Gasteiger partial charge on any atom is -0.478 e. The SMILES string of the molecule is CCCCCCCCCCCOC(=O)c1cc2c(cc1C(=O)O)-c1nc-2nc2[nH]c(nc3nc(nc4[nH]c(n1)c1cc(C(=O)OCCCCCCCCCCC)c(C(=O)O)cc41)-c1cc(C(=O)OCCCCCCCCCCC)c(C(=O)O)cc1-3)c1cc(C(=O)OCCCCCCCCCCC)c(C(=O)O)cc21. The van der Waals surface area contributed by atoms with E-state index in [1.54, 1.807) is 0 Å². The summed E-state index contributed by atoms with van der Waals surface area (Å²) >= 11 is 0. The van der Waals surface area contributed by atoms with E-state index in [-0.39, 0.29) is 138 Å². The number of carbonyl (C=O) groups excluding carboxylic acids is 4. The summed E-state index contributed by atoms with van der Waals surface area (Å²) in [7, 11) is 0. The minimum atomic E-state index is -1.50. The maximum atomic E-state index is 14.3. The number of nitrogens with one attached hydrogen (secondary N) is 2. The number of nitrogens with zero attached hydrogens (tertiary/aromatic N) is 6. The molecule has 578 valence electrons. The molecule has 2 aliphatic rings. The van der Waals surface area contributed by atoms with Crippen LogP contribution >= 0.6 is 0 Å². The molecule has 0 radical (unpaired) electrons. The molecule has 0 unspecified atom stereocenters. The fourth-order valence-corrected chi connectivity index (χ4v) is 14.0. The number of aromatic nitrogens is 8. The highest BCUT2D eigenvalue weighted by Crippen LogP contribution is 2.41. The number of H-pyrrole nitrogens is 2. The third kappa shape index (κ3) is 22.1. The number of carboxylic acid groups (broad SMARTS) is 4. The third-order valence-electron chi connectivity index (χ3n) is 20.1. The third-order valence-corrected chi connectivity index (χ3v) is 20.1. The van der Waals surface area contributed by atoms with Gasteiger partial charge in [-0.3, -0.25) is 0 Å². The highest BCUT2D eigenvalue weighted by molar-refractivity contribution is 6.16. The van der Waals surface area contributed by atoms with Crippen LogP contribution in [-0.4, -0.2) is 134 Å². The Morgan fingerprint density at radius 2 is 0.426 bits per heavy atom. The molecule has 4 aromatic carbocycles.